The highest BCUT2D eigenvalue weighted by Crippen LogP contribution is 2.19. The van der Waals surface area contributed by atoms with Gasteiger partial charge in [0.25, 0.3) is 0 Å². The van der Waals surface area contributed by atoms with E-state index in [1.807, 2.05) is 0 Å². The molecule has 0 saturated heterocycles. The fraction of sp³-hybridized carbons (Fsp3) is 0.312. The van der Waals surface area contributed by atoms with E-state index in [0.29, 0.717) is 24.6 Å². The van der Waals surface area contributed by atoms with Crippen molar-refractivity contribution in [3.05, 3.63) is 48.2 Å². The molecular formula is C16H18FN3O2. The summed E-state index contributed by atoms with van der Waals surface area (Å²) in [5, 5.41) is 0. The number of hydrogen-bond donors (Lipinski definition) is 0. The molecule has 2 aromatic rings. The molecule has 0 bridgehead atoms. The fourth-order valence-electron chi connectivity index (χ4n) is 1.83. The van der Waals surface area contributed by atoms with Crippen molar-refractivity contribution < 1.29 is 13.9 Å². The summed E-state index contributed by atoms with van der Waals surface area (Å²) >= 11 is 0. The van der Waals surface area contributed by atoms with Crippen molar-refractivity contribution in [1.82, 2.24) is 14.9 Å². The summed E-state index contributed by atoms with van der Waals surface area (Å²) in [5.41, 5.74) is 0.788. The Kier molecular flexibility index (Phi) is 5.41. The molecule has 0 spiro atoms. The maximum atomic E-state index is 12.8. The number of benzene rings is 1. The molecule has 0 saturated carbocycles. The van der Waals surface area contributed by atoms with Gasteiger partial charge in [-0.05, 0) is 37.1 Å². The van der Waals surface area contributed by atoms with Crippen LogP contribution in [-0.2, 0) is 11.2 Å². The van der Waals surface area contributed by atoms with E-state index in [1.165, 1.54) is 37.4 Å². The van der Waals surface area contributed by atoms with Gasteiger partial charge in [-0.1, -0.05) is 0 Å². The second-order valence-electron chi connectivity index (χ2n) is 4.95. The minimum atomic E-state index is -0.318. The Balaban J connectivity index is 1.92. The number of carbonyl (C=O) groups is 1. The summed E-state index contributed by atoms with van der Waals surface area (Å²) < 4.78 is 18.4. The Hall–Kier alpha value is -2.50. The Morgan fingerprint density at radius 1 is 1.27 bits per heavy atom. The first-order valence-electron chi connectivity index (χ1n) is 7.00. The number of halogens is 1. The fourth-order valence-corrected chi connectivity index (χ4v) is 1.83. The van der Waals surface area contributed by atoms with Crippen LogP contribution in [0.5, 0.6) is 11.6 Å². The van der Waals surface area contributed by atoms with Gasteiger partial charge in [0.05, 0.1) is 11.9 Å². The standard InChI is InChI=1S/C16H18FN3O2/c1-12(21)20(2)9-3-4-14-10-18-11-16(19-14)22-15-7-5-13(17)6-8-15/h5-8,10-11H,3-4,9H2,1-2H3. The first kappa shape index (κ1) is 15.9. The van der Waals surface area contributed by atoms with Gasteiger partial charge in [0.2, 0.25) is 11.8 Å². The molecule has 22 heavy (non-hydrogen) atoms. The van der Waals surface area contributed by atoms with E-state index in [4.69, 9.17) is 4.74 Å². The van der Waals surface area contributed by atoms with Gasteiger partial charge in [0, 0.05) is 26.7 Å². The van der Waals surface area contributed by atoms with Gasteiger partial charge >= 0.3 is 0 Å². The van der Waals surface area contributed by atoms with Gasteiger partial charge in [-0.2, -0.15) is 0 Å². The van der Waals surface area contributed by atoms with Crippen molar-refractivity contribution in [3.8, 4) is 11.6 Å². The predicted molar refractivity (Wildman–Crippen MR) is 80.1 cm³/mol. The molecule has 1 aromatic heterocycles. The Morgan fingerprint density at radius 3 is 2.68 bits per heavy atom. The first-order valence-corrected chi connectivity index (χ1v) is 7.00. The predicted octanol–water partition coefficient (Wildman–Crippen LogP) is 2.82. The van der Waals surface area contributed by atoms with Crippen LogP contribution < -0.4 is 4.74 Å². The van der Waals surface area contributed by atoms with E-state index < -0.39 is 0 Å². The van der Waals surface area contributed by atoms with Crippen LogP contribution in [-0.4, -0.2) is 34.4 Å². The topological polar surface area (TPSA) is 55.3 Å². The van der Waals surface area contributed by atoms with E-state index in [2.05, 4.69) is 9.97 Å². The number of aromatic nitrogens is 2. The molecule has 1 aromatic carbocycles. The number of amides is 1. The highest BCUT2D eigenvalue weighted by atomic mass is 19.1. The van der Waals surface area contributed by atoms with Gasteiger partial charge < -0.3 is 9.64 Å². The highest BCUT2D eigenvalue weighted by Gasteiger charge is 2.05. The zero-order valence-electron chi connectivity index (χ0n) is 12.6. The molecule has 6 heteroatoms. The number of ether oxygens (including phenoxy) is 1. The second-order valence-corrected chi connectivity index (χ2v) is 4.95. The lowest BCUT2D eigenvalue weighted by Gasteiger charge is -2.14. The summed E-state index contributed by atoms with van der Waals surface area (Å²) in [6.45, 7) is 2.21. The van der Waals surface area contributed by atoms with Crippen molar-refractivity contribution in [2.75, 3.05) is 13.6 Å². The van der Waals surface area contributed by atoms with E-state index in [9.17, 15) is 9.18 Å². The van der Waals surface area contributed by atoms with E-state index >= 15 is 0 Å². The molecule has 0 aliphatic carbocycles. The molecule has 1 amide bonds. The molecule has 0 N–H and O–H groups in total. The molecule has 1 heterocycles. The number of hydrogen-bond acceptors (Lipinski definition) is 4. The van der Waals surface area contributed by atoms with Gasteiger partial charge in [-0.25, -0.2) is 9.37 Å². The Bertz CT molecular complexity index is 632. The lowest BCUT2D eigenvalue weighted by Crippen LogP contribution is -2.25. The third-order valence-electron chi connectivity index (χ3n) is 3.16. The highest BCUT2D eigenvalue weighted by molar-refractivity contribution is 5.72. The quantitative estimate of drug-likeness (QED) is 0.823. The van der Waals surface area contributed by atoms with Gasteiger partial charge in [-0.3, -0.25) is 9.78 Å². The van der Waals surface area contributed by atoms with Crippen LogP contribution in [0.2, 0.25) is 0 Å². The average molecular weight is 303 g/mol. The van der Waals surface area contributed by atoms with Gasteiger partial charge in [0.15, 0.2) is 0 Å². The number of nitrogens with zero attached hydrogens (tertiary/aromatic N) is 3. The van der Waals surface area contributed by atoms with Crippen LogP contribution in [0.1, 0.15) is 19.0 Å². The molecule has 116 valence electrons. The monoisotopic (exact) mass is 303 g/mol. The molecule has 5 nitrogen and oxygen atoms in total. The van der Waals surface area contributed by atoms with E-state index in [1.54, 1.807) is 18.1 Å². The largest absolute Gasteiger partial charge is 0.437 e. The van der Waals surface area contributed by atoms with Crippen molar-refractivity contribution in [3.63, 3.8) is 0 Å². The Morgan fingerprint density at radius 2 is 2.00 bits per heavy atom. The lowest BCUT2D eigenvalue weighted by atomic mass is 10.2. The minimum Gasteiger partial charge on any atom is -0.437 e. The summed E-state index contributed by atoms with van der Waals surface area (Å²) in [4.78, 5) is 21.2. The van der Waals surface area contributed by atoms with Crippen LogP contribution in [0.15, 0.2) is 36.7 Å². The van der Waals surface area contributed by atoms with E-state index in [0.717, 1.165) is 12.1 Å². The van der Waals surface area contributed by atoms with Crippen LogP contribution >= 0.6 is 0 Å². The molecule has 0 unspecified atom stereocenters. The van der Waals surface area contributed by atoms with Crippen molar-refractivity contribution in [2.45, 2.75) is 19.8 Å². The lowest BCUT2D eigenvalue weighted by molar-refractivity contribution is -0.127. The number of rotatable bonds is 6. The van der Waals surface area contributed by atoms with Crippen molar-refractivity contribution in [1.29, 1.82) is 0 Å². The maximum absolute atomic E-state index is 12.8. The van der Waals surface area contributed by atoms with Gasteiger partial charge in [0.1, 0.15) is 11.6 Å². The van der Waals surface area contributed by atoms with Gasteiger partial charge in [-0.15, -0.1) is 0 Å². The zero-order chi connectivity index (χ0) is 15.9. The normalized spacial score (nSPS) is 10.3. The second kappa shape index (κ2) is 7.49. The summed E-state index contributed by atoms with van der Waals surface area (Å²) in [5.74, 6) is 0.592. The van der Waals surface area contributed by atoms with Crippen LogP contribution in [0.25, 0.3) is 0 Å². The SMILES string of the molecule is CC(=O)N(C)CCCc1cncc(Oc2ccc(F)cc2)n1. The molecule has 0 atom stereocenters. The average Bonchev–Trinajstić information content (AvgIpc) is 2.50. The summed E-state index contributed by atoms with van der Waals surface area (Å²) in [6.07, 6.45) is 4.68. The first-order chi connectivity index (χ1) is 10.5. The van der Waals surface area contributed by atoms with Crippen LogP contribution in [0.3, 0.4) is 0 Å². The summed E-state index contributed by atoms with van der Waals surface area (Å²) in [7, 11) is 1.77. The molecule has 0 aliphatic rings. The smallest absolute Gasteiger partial charge is 0.238 e. The van der Waals surface area contributed by atoms with Crippen LogP contribution in [0, 0.1) is 5.82 Å². The van der Waals surface area contributed by atoms with Crippen LogP contribution in [0.4, 0.5) is 4.39 Å². The Labute approximate surface area is 128 Å². The molecule has 0 aliphatic heterocycles. The number of carbonyl (C=O) groups excluding carboxylic acids is 1. The van der Waals surface area contributed by atoms with Crippen molar-refractivity contribution >= 4 is 5.91 Å². The van der Waals surface area contributed by atoms with E-state index in [-0.39, 0.29) is 11.7 Å². The molecular weight excluding hydrogens is 285 g/mol. The maximum Gasteiger partial charge on any atom is 0.238 e. The third kappa shape index (κ3) is 4.80. The van der Waals surface area contributed by atoms with Crippen molar-refractivity contribution in [2.24, 2.45) is 0 Å². The zero-order valence-corrected chi connectivity index (χ0v) is 12.6. The summed E-state index contributed by atoms with van der Waals surface area (Å²) in [6, 6.07) is 5.71. The minimum absolute atomic E-state index is 0.0412. The molecule has 0 fully saturated rings. The third-order valence-corrected chi connectivity index (χ3v) is 3.16. The molecule has 2 rings (SSSR count). The molecule has 0 radical (unpaired) electrons. The number of aryl methyl sites for hydroxylation is 1.